The summed E-state index contributed by atoms with van der Waals surface area (Å²) < 4.78 is 68.8. The second-order valence-electron chi connectivity index (χ2n) is 30.7. The third-order valence-corrected chi connectivity index (χ3v) is 22.3. The number of hydrogen-bond donors (Lipinski definition) is 3. The number of esters is 4. The Morgan fingerprint density at radius 1 is 0.272 bits per heavy atom. The number of phosphoric ester groups is 2. The number of carbonyl (C=O) groups is 4. The van der Waals surface area contributed by atoms with E-state index in [1.807, 2.05) is 0 Å². The molecule has 103 heavy (non-hydrogen) atoms. The van der Waals surface area contributed by atoms with Crippen LogP contribution in [-0.4, -0.2) is 96.7 Å². The minimum Gasteiger partial charge on any atom is -0.462 e. The zero-order valence-electron chi connectivity index (χ0n) is 67.6. The van der Waals surface area contributed by atoms with Crippen molar-refractivity contribution < 1.29 is 80.2 Å². The Kier molecular flexibility index (Phi) is 74.1. The topological polar surface area (TPSA) is 237 Å². The first-order valence-electron chi connectivity index (χ1n) is 43.6. The zero-order valence-corrected chi connectivity index (χ0v) is 69.4. The van der Waals surface area contributed by atoms with Crippen LogP contribution in [0, 0.1) is 11.8 Å². The van der Waals surface area contributed by atoms with Crippen molar-refractivity contribution in [2.75, 3.05) is 39.6 Å². The maximum absolute atomic E-state index is 13.1. The van der Waals surface area contributed by atoms with Crippen LogP contribution < -0.4 is 0 Å². The van der Waals surface area contributed by atoms with Gasteiger partial charge in [-0.25, -0.2) is 9.13 Å². The average molecular weight is 1510 g/mol. The Labute approximate surface area is 632 Å². The third kappa shape index (κ3) is 75.3. The maximum atomic E-state index is 13.1. The highest BCUT2D eigenvalue weighted by atomic mass is 31.2. The van der Waals surface area contributed by atoms with Crippen LogP contribution in [0.25, 0.3) is 0 Å². The lowest BCUT2D eigenvalue weighted by Crippen LogP contribution is -2.30. The number of aliphatic hydroxyl groups is 1. The summed E-state index contributed by atoms with van der Waals surface area (Å²) in [5.41, 5.74) is 0. The lowest BCUT2D eigenvalue weighted by Gasteiger charge is -2.21. The van der Waals surface area contributed by atoms with E-state index < -0.39 is 97.5 Å². The van der Waals surface area contributed by atoms with Gasteiger partial charge in [-0.3, -0.25) is 37.3 Å². The molecule has 0 heterocycles. The summed E-state index contributed by atoms with van der Waals surface area (Å²) in [5.74, 6) is -0.432. The largest absolute Gasteiger partial charge is 0.472 e. The predicted molar refractivity (Wildman–Crippen MR) is 423 cm³/mol. The molecule has 17 nitrogen and oxygen atoms in total. The molecule has 4 unspecified atom stereocenters. The SMILES string of the molecule is CCCCCCCCCCCCCCCCCCCCC(=O)OC[C@H](COP(=O)(O)OC[C@@H](O)COP(=O)(O)OC[C@@H](COC(=O)CCCCCCCCCCC)OC(=O)CCCCCCCCCCCCC(C)CC)OC(=O)CCCCCCCCCCCCCCCCCCCCC(C)CC. The maximum Gasteiger partial charge on any atom is 0.472 e. The van der Waals surface area contributed by atoms with Crippen molar-refractivity contribution >= 4 is 39.5 Å². The fourth-order valence-corrected chi connectivity index (χ4v) is 14.6. The van der Waals surface area contributed by atoms with Gasteiger partial charge in [0.05, 0.1) is 26.4 Å². The van der Waals surface area contributed by atoms with Crippen molar-refractivity contribution in [1.82, 2.24) is 0 Å². The highest BCUT2D eigenvalue weighted by Gasteiger charge is 2.30. The van der Waals surface area contributed by atoms with E-state index in [0.717, 1.165) is 102 Å². The van der Waals surface area contributed by atoms with Crippen molar-refractivity contribution in [3.05, 3.63) is 0 Å². The third-order valence-electron chi connectivity index (χ3n) is 20.4. The monoisotopic (exact) mass is 1510 g/mol. The van der Waals surface area contributed by atoms with Crippen LogP contribution in [-0.2, 0) is 65.4 Å². The molecule has 612 valence electrons. The van der Waals surface area contributed by atoms with Crippen molar-refractivity contribution in [2.24, 2.45) is 11.8 Å². The first kappa shape index (κ1) is 101. The number of ether oxygens (including phenoxy) is 4. The summed E-state index contributed by atoms with van der Waals surface area (Å²) in [4.78, 5) is 73.1. The molecule has 0 aromatic heterocycles. The van der Waals surface area contributed by atoms with Gasteiger partial charge in [0.1, 0.15) is 19.3 Å². The smallest absolute Gasteiger partial charge is 0.462 e. The summed E-state index contributed by atoms with van der Waals surface area (Å²) in [5, 5.41) is 10.7. The van der Waals surface area contributed by atoms with Gasteiger partial charge in [0.25, 0.3) is 0 Å². The quantitative estimate of drug-likeness (QED) is 0.0222. The predicted octanol–water partition coefficient (Wildman–Crippen LogP) is 25.5. The van der Waals surface area contributed by atoms with Crippen LogP contribution in [0.4, 0.5) is 0 Å². The number of hydrogen-bond acceptors (Lipinski definition) is 15. The molecular weight excluding hydrogens is 1340 g/mol. The van der Waals surface area contributed by atoms with Crippen LogP contribution in [0.5, 0.6) is 0 Å². The van der Waals surface area contributed by atoms with Gasteiger partial charge in [0, 0.05) is 25.7 Å². The van der Waals surface area contributed by atoms with Gasteiger partial charge in [-0.05, 0) is 37.5 Å². The Morgan fingerprint density at radius 3 is 0.689 bits per heavy atom. The number of carbonyl (C=O) groups excluding carboxylic acids is 4. The van der Waals surface area contributed by atoms with Gasteiger partial charge < -0.3 is 33.8 Å². The standard InChI is InChI=1S/C84H164O17P2/c1-7-11-13-15-17-19-20-21-22-23-27-30-33-36-43-49-55-61-67-82(87)95-73-80(100-83(88)68-62-56-50-44-37-34-31-28-25-24-26-29-32-35-41-46-52-58-64-76(5)9-3)75-99-103(92,93)97-71-78(85)70-96-102(90,91)98-74-79(72-94-81(86)66-60-54-48-40-18-16-14-12-8-2)101-84(89)69-63-57-51-45-39-38-42-47-53-59-65-77(6)10-4/h76-80,85H,7-75H2,1-6H3,(H,90,91)(H,92,93)/t76?,77?,78-,79+,80+/m0/s1. The lowest BCUT2D eigenvalue weighted by molar-refractivity contribution is -0.161. The van der Waals surface area contributed by atoms with Crippen molar-refractivity contribution in [2.45, 2.75) is 464 Å². The first-order valence-corrected chi connectivity index (χ1v) is 46.6. The fraction of sp³-hybridized carbons (Fsp3) is 0.952. The molecule has 0 amide bonds. The number of aliphatic hydroxyl groups excluding tert-OH is 1. The zero-order chi connectivity index (χ0) is 75.6. The number of rotatable bonds is 83. The Hall–Kier alpha value is -1.94. The molecule has 0 bridgehead atoms. The highest BCUT2D eigenvalue weighted by molar-refractivity contribution is 7.47. The summed E-state index contributed by atoms with van der Waals surface area (Å²) in [6, 6.07) is 0. The van der Waals surface area contributed by atoms with Gasteiger partial charge in [-0.2, -0.15) is 0 Å². The summed E-state index contributed by atoms with van der Waals surface area (Å²) in [7, 11) is -9.92. The van der Waals surface area contributed by atoms with E-state index in [2.05, 4.69) is 41.5 Å². The minimum absolute atomic E-state index is 0.107. The van der Waals surface area contributed by atoms with E-state index in [4.69, 9.17) is 37.0 Å². The molecule has 7 atom stereocenters. The molecule has 0 aliphatic heterocycles. The van der Waals surface area contributed by atoms with E-state index in [0.29, 0.717) is 25.7 Å². The Balaban J connectivity index is 5.21. The molecule has 0 fully saturated rings. The molecular formula is C84H164O17P2. The van der Waals surface area contributed by atoms with Crippen LogP contribution >= 0.6 is 15.6 Å². The minimum atomic E-state index is -4.96. The molecule has 0 saturated heterocycles. The van der Waals surface area contributed by atoms with E-state index in [-0.39, 0.29) is 25.7 Å². The fourth-order valence-electron chi connectivity index (χ4n) is 13.0. The van der Waals surface area contributed by atoms with E-state index in [9.17, 15) is 43.2 Å². The molecule has 0 saturated carbocycles. The first-order chi connectivity index (χ1) is 49.9. The molecule has 0 spiro atoms. The van der Waals surface area contributed by atoms with E-state index in [1.54, 1.807) is 0 Å². The molecule has 0 aromatic rings. The highest BCUT2D eigenvalue weighted by Crippen LogP contribution is 2.45. The van der Waals surface area contributed by atoms with Crippen LogP contribution in [0.1, 0.15) is 446 Å². The second kappa shape index (κ2) is 75.5. The van der Waals surface area contributed by atoms with Gasteiger partial charge in [-0.1, -0.05) is 395 Å². The molecule has 0 rings (SSSR count). The normalized spacial score (nSPS) is 14.4. The second-order valence-corrected chi connectivity index (χ2v) is 33.6. The van der Waals surface area contributed by atoms with Gasteiger partial charge in [0.15, 0.2) is 12.2 Å². The Morgan fingerprint density at radius 2 is 0.466 bits per heavy atom. The summed E-state index contributed by atoms with van der Waals surface area (Å²) >= 11 is 0. The molecule has 0 aliphatic carbocycles. The lowest BCUT2D eigenvalue weighted by atomic mass is 9.99. The van der Waals surface area contributed by atoms with Crippen molar-refractivity contribution in [3.63, 3.8) is 0 Å². The van der Waals surface area contributed by atoms with E-state index in [1.165, 1.54) is 263 Å². The van der Waals surface area contributed by atoms with Gasteiger partial charge in [-0.15, -0.1) is 0 Å². The van der Waals surface area contributed by atoms with Crippen LogP contribution in [0.15, 0.2) is 0 Å². The number of unbranched alkanes of at least 4 members (excludes halogenated alkanes) is 51. The molecule has 0 aromatic carbocycles. The summed E-state index contributed by atoms with van der Waals surface area (Å²) in [6.45, 7) is 9.73. The Bertz CT molecular complexity index is 1980. The van der Waals surface area contributed by atoms with E-state index >= 15 is 0 Å². The van der Waals surface area contributed by atoms with Gasteiger partial charge in [0.2, 0.25) is 0 Å². The van der Waals surface area contributed by atoms with Crippen molar-refractivity contribution in [3.8, 4) is 0 Å². The average Bonchev–Trinajstić information content (AvgIpc) is 0.925. The van der Waals surface area contributed by atoms with Crippen LogP contribution in [0.3, 0.4) is 0 Å². The summed E-state index contributed by atoms with van der Waals surface area (Å²) in [6.07, 6.45) is 66.6. The molecule has 3 N–H and O–H groups in total. The molecule has 19 heteroatoms. The molecule has 0 aliphatic rings. The molecule has 0 radical (unpaired) electrons. The van der Waals surface area contributed by atoms with Gasteiger partial charge >= 0.3 is 39.5 Å². The van der Waals surface area contributed by atoms with Crippen LogP contribution in [0.2, 0.25) is 0 Å². The van der Waals surface area contributed by atoms with Crippen molar-refractivity contribution in [1.29, 1.82) is 0 Å². The number of phosphoric acid groups is 2.